The summed E-state index contributed by atoms with van der Waals surface area (Å²) in [4.78, 5) is 0. The van der Waals surface area contributed by atoms with Gasteiger partial charge < -0.3 is 9.61 Å². The van der Waals surface area contributed by atoms with Crippen LogP contribution in [-0.4, -0.2) is 6.10 Å². The SMILES string of the molecule is CC(C)[C@@H]1CC[C@@H](C)C[C@H]1O[P@](=O)(Nc1ccccc1F)c1ccccc1. The van der Waals surface area contributed by atoms with Crippen LogP contribution in [0.1, 0.15) is 40.0 Å². The number of halogens is 1. The molecule has 2 aromatic carbocycles. The molecule has 0 saturated heterocycles. The molecular formula is C22H29FNO2P. The molecule has 0 heterocycles. The highest BCUT2D eigenvalue weighted by Crippen LogP contribution is 2.51. The summed E-state index contributed by atoms with van der Waals surface area (Å²) in [6, 6.07) is 15.4. The number of anilines is 1. The first-order valence-electron chi connectivity index (χ1n) is 9.76. The Morgan fingerprint density at radius 2 is 1.74 bits per heavy atom. The van der Waals surface area contributed by atoms with Crippen LogP contribution in [0, 0.1) is 23.6 Å². The molecule has 1 saturated carbocycles. The van der Waals surface area contributed by atoms with E-state index in [1.165, 1.54) is 12.5 Å². The van der Waals surface area contributed by atoms with E-state index < -0.39 is 13.3 Å². The molecule has 0 bridgehead atoms. The summed E-state index contributed by atoms with van der Waals surface area (Å²) < 4.78 is 34.6. The molecule has 2 aromatic rings. The van der Waals surface area contributed by atoms with Gasteiger partial charge in [-0.15, -0.1) is 0 Å². The van der Waals surface area contributed by atoms with Crippen LogP contribution in [0.25, 0.3) is 0 Å². The molecule has 0 radical (unpaired) electrons. The third-order valence-electron chi connectivity index (χ3n) is 5.48. The second-order valence-electron chi connectivity index (χ2n) is 7.95. The zero-order valence-electron chi connectivity index (χ0n) is 16.3. The molecule has 1 fully saturated rings. The molecule has 0 aliphatic heterocycles. The minimum Gasteiger partial charge on any atom is -0.309 e. The molecule has 146 valence electrons. The highest BCUT2D eigenvalue weighted by atomic mass is 31.2. The molecule has 4 atom stereocenters. The van der Waals surface area contributed by atoms with Gasteiger partial charge in [0.2, 0.25) is 0 Å². The van der Waals surface area contributed by atoms with E-state index in [1.807, 2.05) is 18.2 Å². The zero-order chi connectivity index (χ0) is 19.4. The van der Waals surface area contributed by atoms with Crippen LogP contribution in [0.3, 0.4) is 0 Å². The van der Waals surface area contributed by atoms with Crippen LogP contribution >= 0.6 is 7.52 Å². The van der Waals surface area contributed by atoms with Crippen LogP contribution < -0.4 is 10.4 Å². The molecule has 3 nitrogen and oxygen atoms in total. The fraction of sp³-hybridized carbons (Fsp3) is 0.455. The lowest BCUT2D eigenvalue weighted by Crippen LogP contribution is -2.35. The van der Waals surface area contributed by atoms with Gasteiger partial charge in [-0.05, 0) is 54.9 Å². The average Bonchev–Trinajstić information content (AvgIpc) is 2.64. The van der Waals surface area contributed by atoms with Crippen molar-refractivity contribution in [1.82, 2.24) is 0 Å². The molecule has 0 spiro atoms. The summed E-state index contributed by atoms with van der Waals surface area (Å²) in [6.07, 6.45) is 2.99. The van der Waals surface area contributed by atoms with E-state index in [0.717, 1.165) is 12.8 Å². The zero-order valence-corrected chi connectivity index (χ0v) is 17.2. The van der Waals surface area contributed by atoms with Crippen molar-refractivity contribution >= 4 is 18.5 Å². The molecule has 5 heteroatoms. The molecular weight excluding hydrogens is 360 g/mol. The Kier molecular flexibility index (Phi) is 6.39. The second kappa shape index (κ2) is 8.58. The van der Waals surface area contributed by atoms with E-state index in [-0.39, 0.29) is 11.8 Å². The fourth-order valence-corrected chi connectivity index (χ4v) is 5.90. The Morgan fingerprint density at radius 1 is 1.07 bits per heavy atom. The van der Waals surface area contributed by atoms with E-state index in [0.29, 0.717) is 23.1 Å². The van der Waals surface area contributed by atoms with Crippen LogP contribution in [0.4, 0.5) is 10.1 Å². The first-order valence-corrected chi connectivity index (χ1v) is 11.4. The molecule has 1 aliphatic carbocycles. The number of para-hydroxylation sites is 1. The normalized spacial score (nSPS) is 25.1. The van der Waals surface area contributed by atoms with Crippen molar-refractivity contribution in [2.45, 2.75) is 46.1 Å². The summed E-state index contributed by atoms with van der Waals surface area (Å²) in [5.74, 6) is 0.887. The molecule has 27 heavy (non-hydrogen) atoms. The lowest BCUT2D eigenvalue weighted by atomic mass is 9.75. The maximum atomic E-state index is 14.2. The molecule has 1 N–H and O–H groups in total. The standard InChI is InChI=1S/C22H29FNO2P/c1-16(2)19-14-13-17(3)15-22(19)26-27(25,18-9-5-4-6-10-18)24-21-12-8-7-11-20(21)23/h4-12,16-17,19,22H,13-15H2,1-3H3,(H,24,25)/t17-,19+,22-,27+/m1/s1. The Hall–Kier alpha value is -1.64. The van der Waals surface area contributed by atoms with Gasteiger partial charge in [0, 0.05) is 0 Å². The average molecular weight is 389 g/mol. The second-order valence-corrected chi connectivity index (χ2v) is 10.0. The lowest BCUT2D eigenvalue weighted by Gasteiger charge is -2.39. The van der Waals surface area contributed by atoms with Crippen molar-refractivity contribution < 1.29 is 13.5 Å². The van der Waals surface area contributed by atoms with Crippen LogP contribution in [0.15, 0.2) is 54.6 Å². The van der Waals surface area contributed by atoms with Gasteiger partial charge in [-0.3, -0.25) is 4.57 Å². The predicted octanol–water partition coefficient (Wildman–Crippen LogP) is 6.23. The minimum atomic E-state index is -3.48. The maximum Gasteiger partial charge on any atom is 0.324 e. The van der Waals surface area contributed by atoms with Crippen LogP contribution in [-0.2, 0) is 9.09 Å². The maximum absolute atomic E-state index is 14.2. The fourth-order valence-electron chi connectivity index (χ4n) is 3.91. The number of benzene rings is 2. The Labute approximate surface area is 161 Å². The quantitative estimate of drug-likeness (QED) is 0.595. The Morgan fingerprint density at radius 3 is 2.41 bits per heavy atom. The third kappa shape index (κ3) is 4.80. The van der Waals surface area contributed by atoms with Crippen molar-refractivity contribution in [2.75, 3.05) is 5.09 Å². The van der Waals surface area contributed by atoms with E-state index in [1.54, 1.807) is 30.3 Å². The highest BCUT2D eigenvalue weighted by Gasteiger charge is 2.38. The van der Waals surface area contributed by atoms with Gasteiger partial charge in [0.05, 0.1) is 17.1 Å². The van der Waals surface area contributed by atoms with Gasteiger partial charge in [-0.25, -0.2) is 4.39 Å². The number of rotatable bonds is 6. The van der Waals surface area contributed by atoms with Crippen molar-refractivity contribution in [3.05, 3.63) is 60.4 Å². The van der Waals surface area contributed by atoms with Gasteiger partial charge >= 0.3 is 7.52 Å². The summed E-state index contributed by atoms with van der Waals surface area (Å²) in [6.45, 7) is 6.59. The van der Waals surface area contributed by atoms with Crippen molar-refractivity contribution in [3.63, 3.8) is 0 Å². The van der Waals surface area contributed by atoms with E-state index in [9.17, 15) is 8.96 Å². The molecule has 0 aromatic heterocycles. The van der Waals surface area contributed by atoms with E-state index in [2.05, 4.69) is 25.9 Å². The molecule has 0 amide bonds. The Balaban J connectivity index is 1.95. The summed E-state index contributed by atoms with van der Waals surface area (Å²) in [7, 11) is -3.48. The van der Waals surface area contributed by atoms with Crippen molar-refractivity contribution in [2.24, 2.45) is 17.8 Å². The van der Waals surface area contributed by atoms with Crippen molar-refractivity contribution in [1.29, 1.82) is 0 Å². The van der Waals surface area contributed by atoms with E-state index >= 15 is 0 Å². The van der Waals surface area contributed by atoms with Gasteiger partial charge in [0.25, 0.3) is 0 Å². The summed E-state index contributed by atoms with van der Waals surface area (Å²) in [5.41, 5.74) is 0.203. The largest absolute Gasteiger partial charge is 0.324 e. The van der Waals surface area contributed by atoms with Gasteiger partial charge in [0.15, 0.2) is 0 Å². The molecule has 1 aliphatic rings. The van der Waals surface area contributed by atoms with Gasteiger partial charge in [0.1, 0.15) is 5.82 Å². The van der Waals surface area contributed by atoms with E-state index in [4.69, 9.17) is 4.52 Å². The number of hydrogen-bond donors (Lipinski definition) is 1. The summed E-state index contributed by atoms with van der Waals surface area (Å²) in [5, 5.41) is 3.48. The smallest absolute Gasteiger partial charge is 0.309 e. The predicted molar refractivity (Wildman–Crippen MR) is 110 cm³/mol. The van der Waals surface area contributed by atoms with Crippen LogP contribution in [0.2, 0.25) is 0 Å². The van der Waals surface area contributed by atoms with Crippen molar-refractivity contribution in [3.8, 4) is 0 Å². The topological polar surface area (TPSA) is 38.3 Å². The monoisotopic (exact) mass is 389 g/mol. The Bertz CT molecular complexity index is 796. The van der Waals surface area contributed by atoms with Crippen LogP contribution in [0.5, 0.6) is 0 Å². The molecule has 3 rings (SSSR count). The van der Waals surface area contributed by atoms with Gasteiger partial charge in [-0.1, -0.05) is 57.5 Å². The van der Waals surface area contributed by atoms with Gasteiger partial charge in [-0.2, -0.15) is 0 Å². The highest BCUT2D eigenvalue weighted by molar-refractivity contribution is 7.68. The minimum absolute atomic E-state index is 0.112. The first-order chi connectivity index (χ1) is 12.9. The summed E-state index contributed by atoms with van der Waals surface area (Å²) >= 11 is 0. The first kappa shape index (κ1) is 20.1. The third-order valence-corrected chi connectivity index (χ3v) is 7.56. The molecule has 0 unspecified atom stereocenters. The number of nitrogens with one attached hydrogen (secondary N) is 1. The lowest BCUT2D eigenvalue weighted by molar-refractivity contribution is 0.0505. The number of hydrogen-bond acceptors (Lipinski definition) is 2.